The van der Waals surface area contributed by atoms with Crippen molar-refractivity contribution >= 4 is 33.0 Å². The van der Waals surface area contributed by atoms with Crippen LogP contribution in [-0.2, 0) is 14.8 Å². The fourth-order valence-corrected chi connectivity index (χ4v) is 5.96. The van der Waals surface area contributed by atoms with Gasteiger partial charge in [0, 0.05) is 24.6 Å². The first-order valence-corrected chi connectivity index (χ1v) is 10.8. The predicted molar refractivity (Wildman–Crippen MR) is 103 cm³/mol. The van der Waals surface area contributed by atoms with Gasteiger partial charge in [0.15, 0.2) is 0 Å². The monoisotopic (exact) mass is 402 g/mol. The normalized spacial score (nSPS) is 17.9. The molecule has 1 amide bonds. The third kappa shape index (κ3) is 3.53. The highest BCUT2D eigenvalue weighted by atomic mass is 32.2. The molecule has 2 aromatic heterocycles. The minimum absolute atomic E-state index is 0.267. The summed E-state index contributed by atoms with van der Waals surface area (Å²) in [6.45, 7) is 0.353. The number of thiophene rings is 1. The molecule has 0 saturated carbocycles. The Labute approximate surface area is 161 Å². The van der Waals surface area contributed by atoms with Crippen LogP contribution >= 0.6 is 11.3 Å². The molecule has 1 N–H and O–H groups in total. The van der Waals surface area contributed by atoms with Crippen LogP contribution in [0.15, 0.2) is 64.4 Å². The van der Waals surface area contributed by atoms with E-state index in [0.717, 1.165) is 17.0 Å². The molecule has 27 heavy (non-hydrogen) atoms. The fraction of sp³-hybridized carbons (Fsp3) is 0.222. The topological polar surface area (TPSA) is 84.3 Å². The number of hydrogen-bond donors (Lipinski definition) is 1. The van der Waals surface area contributed by atoms with Crippen molar-refractivity contribution < 1.29 is 13.2 Å². The molecule has 4 rings (SSSR count). The zero-order valence-corrected chi connectivity index (χ0v) is 16.0. The van der Waals surface area contributed by atoms with Crippen LogP contribution in [0, 0.1) is 0 Å². The Bertz CT molecular complexity index is 1030. The van der Waals surface area contributed by atoms with Crippen molar-refractivity contribution in [3.8, 4) is 5.69 Å². The molecule has 0 unspecified atom stereocenters. The van der Waals surface area contributed by atoms with Gasteiger partial charge in [-0.15, -0.1) is 11.3 Å². The van der Waals surface area contributed by atoms with Gasteiger partial charge in [0.25, 0.3) is 10.0 Å². The average molecular weight is 403 g/mol. The molecule has 1 aliphatic heterocycles. The van der Waals surface area contributed by atoms with Crippen molar-refractivity contribution in [3.05, 3.63) is 60.2 Å². The Morgan fingerprint density at radius 1 is 1.22 bits per heavy atom. The van der Waals surface area contributed by atoms with Crippen LogP contribution in [0.1, 0.15) is 12.8 Å². The van der Waals surface area contributed by atoms with Crippen molar-refractivity contribution in [1.29, 1.82) is 0 Å². The van der Waals surface area contributed by atoms with Crippen molar-refractivity contribution in [2.24, 2.45) is 0 Å². The Morgan fingerprint density at radius 2 is 2.11 bits per heavy atom. The largest absolute Gasteiger partial charge is 0.325 e. The van der Waals surface area contributed by atoms with Gasteiger partial charge in [-0.05, 0) is 48.6 Å². The highest BCUT2D eigenvalue weighted by Gasteiger charge is 2.39. The molecule has 1 atom stereocenters. The first-order valence-electron chi connectivity index (χ1n) is 8.52. The molecule has 7 nitrogen and oxygen atoms in total. The lowest BCUT2D eigenvalue weighted by atomic mass is 10.2. The first-order chi connectivity index (χ1) is 13.1. The van der Waals surface area contributed by atoms with E-state index in [1.54, 1.807) is 40.5 Å². The highest BCUT2D eigenvalue weighted by Crippen LogP contribution is 2.29. The minimum Gasteiger partial charge on any atom is -0.325 e. The predicted octanol–water partition coefficient (Wildman–Crippen LogP) is 2.73. The van der Waals surface area contributed by atoms with Crippen LogP contribution in [0.5, 0.6) is 0 Å². The van der Waals surface area contributed by atoms with E-state index in [0.29, 0.717) is 25.1 Å². The van der Waals surface area contributed by atoms with Crippen molar-refractivity contribution in [2.75, 3.05) is 11.9 Å². The van der Waals surface area contributed by atoms with Gasteiger partial charge in [-0.2, -0.15) is 9.40 Å². The maximum Gasteiger partial charge on any atom is 0.253 e. The Morgan fingerprint density at radius 3 is 2.85 bits per heavy atom. The van der Waals surface area contributed by atoms with Gasteiger partial charge in [0.2, 0.25) is 5.91 Å². The fourth-order valence-electron chi connectivity index (χ4n) is 3.19. The molecule has 3 heterocycles. The molecular formula is C18H18N4O3S2. The molecule has 0 bridgehead atoms. The molecule has 1 aliphatic rings. The number of aromatic nitrogens is 2. The van der Waals surface area contributed by atoms with Crippen molar-refractivity contribution in [1.82, 2.24) is 14.1 Å². The number of carbonyl (C=O) groups is 1. The van der Waals surface area contributed by atoms with Gasteiger partial charge < -0.3 is 5.32 Å². The number of amides is 1. The number of nitrogens with one attached hydrogen (secondary N) is 1. The summed E-state index contributed by atoms with van der Waals surface area (Å²) >= 11 is 1.16. The number of rotatable bonds is 5. The van der Waals surface area contributed by atoms with Crippen LogP contribution in [0.25, 0.3) is 5.69 Å². The molecule has 1 fully saturated rings. The number of carbonyl (C=O) groups excluding carboxylic acids is 1. The lowest BCUT2D eigenvalue weighted by Crippen LogP contribution is -2.42. The molecule has 0 aliphatic carbocycles. The van der Waals surface area contributed by atoms with Gasteiger partial charge in [0.05, 0.1) is 5.69 Å². The van der Waals surface area contributed by atoms with E-state index in [4.69, 9.17) is 0 Å². The van der Waals surface area contributed by atoms with Crippen LogP contribution in [0.2, 0.25) is 0 Å². The van der Waals surface area contributed by atoms with Gasteiger partial charge in [-0.3, -0.25) is 4.79 Å². The van der Waals surface area contributed by atoms with Crippen LogP contribution in [0.4, 0.5) is 5.69 Å². The number of sulfonamides is 1. The summed E-state index contributed by atoms with van der Waals surface area (Å²) in [5, 5.41) is 8.75. The van der Waals surface area contributed by atoms with E-state index >= 15 is 0 Å². The number of anilines is 1. The lowest BCUT2D eigenvalue weighted by molar-refractivity contribution is -0.119. The Kier molecular flexibility index (Phi) is 4.81. The lowest BCUT2D eigenvalue weighted by Gasteiger charge is -2.22. The van der Waals surface area contributed by atoms with Gasteiger partial charge in [-0.1, -0.05) is 12.1 Å². The number of benzene rings is 1. The van der Waals surface area contributed by atoms with E-state index in [-0.39, 0.29) is 10.1 Å². The minimum atomic E-state index is -3.65. The van der Waals surface area contributed by atoms with Gasteiger partial charge in [-0.25, -0.2) is 13.1 Å². The van der Waals surface area contributed by atoms with E-state index in [1.807, 2.05) is 24.4 Å². The third-order valence-electron chi connectivity index (χ3n) is 4.45. The summed E-state index contributed by atoms with van der Waals surface area (Å²) in [5.41, 5.74) is 1.42. The SMILES string of the molecule is O=C(Nc1cccc(-n2cccn2)c1)[C@H]1CCCN1S(=O)(=O)c1cccs1. The smallest absolute Gasteiger partial charge is 0.253 e. The first kappa shape index (κ1) is 17.9. The summed E-state index contributed by atoms with van der Waals surface area (Å²) in [4.78, 5) is 12.8. The van der Waals surface area contributed by atoms with E-state index in [1.165, 1.54) is 4.31 Å². The Balaban J connectivity index is 1.54. The van der Waals surface area contributed by atoms with Crippen molar-refractivity contribution in [2.45, 2.75) is 23.1 Å². The third-order valence-corrected chi connectivity index (χ3v) is 7.73. The molecule has 0 radical (unpaired) electrons. The average Bonchev–Trinajstić information content (AvgIpc) is 3.44. The molecule has 1 aromatic carbocycles. The molecule has 1 saturated heterocycles. The Hall–Kier alpha value is -2.49. The summed E-state index contributed by atoms with van der Waals surface area (Å²) in [5.74, 6) is -0.315. The van der Waals surface area contributed by atoms with Gasteiger partial charge >= 0.3 is 0 Å². The molecule has 0 spiro atoms. The van der Waals surface area contributed by atoms with Crippen LogP contribution in [0.3, 0.4) is 0 Å². The second-order valence-corrected chi connectivity index (χ2v) is 9.26. The summed E-state index contributed by atoms with van der Waals surface area (Å²) in [6, 6.07) is 11.7. The van der Waals surface area contributed by atoms with Gasteiger partial charge in [0.1, 0.15) is 10.3 Å². The standard InChI is InChI=1S/C18H18N4O3S2/c23-18(20-14-5-1-6-15(13-14)21-10-4-9-19-21)16-7-2-11-22(16)27(24,25)17-8-3-12-26-17/h1,3-6,8-10,12-13,16H,2,7,11H2,(H,20,23)/t16-/m1/s1. The summed E-state index contributed by atoms with van der Waals surface area (Å²) in [6.07, 6.45) is 4.66. The van der Waals surface area contributed by atoms with Crippen LogP contribution < -0.4 is 5.32 Å². The maximum atomic E-state index is 12.8. The van der Waals surface area contributed by atoms with E-state index < -0.39 is 16.1 Å². The highest BCUT2D eigenvalue weighted by molar-refractivity contribution is 7.91. The zero-order chi connectivity index (χ0) is 18.9. The zero-order valence-electron chi connectivity index (χ0n) is 14.4. The maximum absolute atomic E-state index is 12.8. The molecule has 3 aromatic rings. The second-order valence-electron chi connectivity index (χ2n) is 6.20. The molecule has 140 valence electrons. The number of hydrogen-bond acceptors (Lipinski definition) is 5. The number of nitrogens with zero attached hydrogens (tertiary/aromatic N) is 3. The van der Waals surface area contributed by atoms with E-state index in [2.05, 4.69) is 10.4 Å². The quantitative estimate of drug-likeness (QED) is 0.711. The van der Waals surface area contributed by atoms with E-state index in [9.17, 15) is 13.2 Å². The molecule has 9 heteroatoms. The molecular weight excluding hydrogens is 384 g/mol. The summed E-state index contributed by atoms with van der Waals surface area (Å²) < 4.78 is 28.9. The van der Waals surface area contributed by atoms with Crippen LogP contribution in [-0.4, -0.2) is 41.0 Å². The van der Waals surface area contributed by atoms with Crippen molar-refractivity contribution in [3.63, 3.8) is 0 Å². The second kappa shape index (κ2) is 7.26. The summed E-state index contributed by atoms with van der Waals surface area (Å²) in [7, 11) is -3.65.